The van der Waals surface area contributed by atoms with Gasteiger partial charge < -0.3 is 9.47 Å². The lowest BCUT2D eigenvalue weighted by Gasteiger charge is -2.34. The molecular formula is C26H27N5O3S. The molecule has 9 heteroatoms. The third-order valence-electron chi connectivity index (χ3n) is 6.69. The molecule has 1 aliphatic heterocycles. The molecule has 1 atom stereocenters. The molecule has 35 heavy (non-hydrogen) atoms. The number of carbonyl (C=O) groups excluding carboxylic acids is 1. The Hall–Kier alpha value is -3.72. The van der Waals surface area contributed by atoms with Crippen molar-refractivity contribution in [3.63, 3.8) is 0 Å². The molecule has 1 aliphatic rings. The molecule has 1 fully saturated rings. The van der Waals surface area contributed by atoms with Crippen LogP contribution in [0.25, 0.3) is 10.9 Å². The third kappa shape index (κ3) is 4.77. The number of rotatable bonds is 6. The summed E-state index contributed by atoms with van der Waals surface area (Å²) in [6, 6.07) is 18.3. The van der Waals surface area contributed by atoms with Crippen LogP contribution in [-0.2, 0) is 14.8 Å². The maximum absolute atomic E-state index is 13.2. The highest BCUT2D eigenvalue weighted by Gasteiger charge is 2.28. The number of nitrogens with one attached hydrogen (secondary N) is 1. The molecule has 0 bridgehead atoms. The molecular weight excluding hydrogens is 462 g/mol. The topological polar surface area (TPSA) is 97.2 Å². The van der Waals surface area contributed by atoms with Gasteiger partial charge in [-0.05, 0) is 67.0 Å². The van der Waals surface area contributed by atoms with E-state index in [1.54, 1.807) is 12.1 Å². The zero-order chi connectivity index (χ0) is 24.4. The van der Waals surface area contributed by atoms with Crippen molar-refractivity contribution in [1.29, 1.82) is 0 Å². The predicted octanol–water partition coefficient (Wildman–Crippen LogP) is 4.20. The van der Waals surface area contributed by atoms with Crippen LogP contribution in [-0.4, -0.2) is 46.8 Å². The molecule has 3 heterocycles. The average molecular weight is 490 g/mol. The third-order valence-corrected chi connectivity index (χ3v) is 8.06. The quantitative estimate of drug-likeness (QED) is 0.438. The summed E-state index contributed by atoms with van der Waals surface area (Å²) in [5, 5.41) is 1.13. The predicted molar refractivity (Wildman–Crippen MR) is 134 cm³/mol. The number of anilines is 1. The Kier molecular flexibility index (Phi) is 6.25. The van der Waals surface area contributed by atoms with Gasteiger partial charge in [0.25, 0.3) is 10.0 Å². The maximum Gasteiger partial charge on any atom is 0.263 e. The monoisotopic (exact) mass is 489 g/mol. The number of aromatic nitrogens is 3. The van der Waals surface area contributed by atoms with E-state index in [1.165, 1.54) is 18.6 Å². The molecule has 0 unspecified atom stereocenters. The molecule has 0 radical (unpaired) electrons. The van der Waals surface area contributed by atoms with Gasteiger partial charge in [0.1, 0.15) is 18.2 Å². The number of benzene rings is 2. The van der Waals surface area contributed by atoms with Gasteiger partial charge in [-0.1, -0.05) is 30.3 Å². The van der Waals surface area contributed by atoms with Gasteiger partial charge in [0.15, 0.2) is 0 Å². The van der Waals surface area contributed by atoms with Gasteiger partial charge in [0.2, 0.25) is 5.91 Å². The first-order valence-electron chi connectivity index (χ1n) is 11.7. The van der Waals surface area contributed by atoms with Gasteiger partial charge in [-0.2, -0.15) is 0 Å². The van der Waals surface area contributed by atoms with Crippen molar-refractivity contribution in [2.24, 2.45) is 0 Å². The van der Waals surface area contributed by atoms with Crippen LogP contribution in [0.4, 0.5) is 5.82 Å². The Labute approximate surface area is 204 Å². The van der Waals surface area contributed by atoms with Crippen molar-refractivity contribution >= 4 is 32.7 Å². The fourth-order valence-corrected chi connectivity index (χ4v) is 5.73. The second kappa shape index (κ2) is 9.50. The maximum atomic E-state index is 13.2. The van der Waals surface area contributed by atoms with Gasteiger partial charge in [-0.3, -0.25) is 9.52 Å². The number of nitrogens with zero attached hydrogens (tertiary/aromatic N) is 4. The van der Waals surface area contributed by atoms with E-state index in [0.717, 1.165) is 29.3 Å². The van der Waals surface area contributed by atoms with Crippen molar-refractivity contribution in [3.05, 3.63) is 84.9 Å². The van der Waals surface area contributed by atoms with Crippen LogP contribution in [0.5, 0.6) is 0 Å². The molecule has 1 N–H and O–H groups in total. The van der Waals surface area contributed by atoms with Crippen molar-refractivity contribution in [2.45, 2.75) is 36.6 Å². The van der Waals surface area contributed by atoms with Gasteiger partial charge in [-0.25, -0.2) is 18.4 Å². The number of amides is 1. The van der Waals surface area contributed by atoms with E-state index in [-0.39, 0.29) is 28.6 Å². The smallest absolute Gasteiger partial charge is 0.263 e. The standard InChI is InChI=1S/C26H27N5O3S/c1-19(31-17-13-22-4-2-3-5-24(22)31)26(32)30-15-11-21(12-16-30)20-6-8-23(9-7-20)35(33,34)29-25-10-14-27-18-28-25/h2-10,13-14,17-19,21H,11-12,15-16H2,1H3,(H,27,28,29)/t19-/m0/s1. The molecule has 0 aliphatic carbocycles. The summed E-state index contributed by atoms with van der Waals surface area (Å²) in [4.78, 5) is 23.0. The molecule has 180 valence electrons. The van der Waals surface area contributed by atoms with Crippen molar-refractivity contribution < 1.29 is 13.2 Å². The van der Waals surface area contributed by atoms with E-state index >= 15 is 0 Å². The molecule has 0 spiro atoms. The Morgan fingerprint density at radius 3 is 2.49 bits per heavy atom. The fraction of sp³-hybridized carbons (Fsp3) is 0.269. The second-order valence-corrected chi connectivity index (χ2v) is 10.5. The molecule has 8 nitrogen and oxygen atoms in total. The first-order chi connectivity index (χ1) is 16.9. The summed E-state index contributed by atoms with van der Waals surface area (Å²) in [6.07, 6.45) is 6.44. The minimum absolute atomic E-state index is 0.127. The number of hydrogen-bond donors (Lipinski definition) is 1. The first kappa shape index (κ1) is 23.0. The zero-order valence-corrected chi connectivity index (χ0v) is 20.2. The highest BCUT2D eigenvalue weighted by atomic mass is 32.2. The van der Waals surface area contributed by atoms with Crippen LogP contribution in [0, 0.1) is 0 Å². The molecule has 0 saturated carbocycles. The van der Waals surface area contributed by atoms with Crippen LogP contribution in [0.3, 0.4) is 0 Å². The largest absolute Gasteiger partial charge is 0.341 e. The van der Waals surface area contributed by atoms with Crippen LogP contribution in [0.15, 0.2) is 84.3 Å². The number of para-hydroxylation sites is 1. The first-order valence-corrected chi connectivity index (χ1v) is 13.1. The Morgan fingerprint density at radius 2 is 1.77 bits per heavy atom. The van der Waals surface area contributed by atoms with Gasteiger partial charge in [-0.15, -0.1) is 0 Å². The highest BCUT2D eigenvalue weighted by Crippen LogP contribution is 2.30. The minimum Gasteiger partial charge on any atom is -0.341 e. The summed E-state index contributed by atoms with van der Waals surface area (Å²) in [7, 11) is -3.72. The Morgan fingerprint density at radius 1 is 1.03 bits per heavy atom. The van der Waals surface area contributed by atoms with Crippen molar-refractivity contribution in [2.75, 3.05) is 17.8 Å². The summed E-state index contributed by atoms with van der Waals surface area (Å²) in [6.45, 7) is 3.32. The number of sulfonamides is 1. The highest BCUT2D eigenvalue weighted by molar-refractivity contribution is 7.92. The fourth-order valence-electron chi connectivity index (χ4n) is 4.73. The van der Waals surface area contributed by atoms with Crippen molar-refractivity contribution in [3.8, 4) is 0 Å². The average Bonchev–Trinajstić information content (AvgIpc) is 3.33. The van der Waals surface area contributed by atoms with Crippen LogP contribution in [0.2, 0.25) is 0 Å². The molecule has 1 amide bonds. The summed E-state index contributed by atoms with van der Waals surface area (Å²) >= 11 is 0. The van der Waals surface area contributed by atoms with E-state index in [0.29, 0.717) is 13.1 Å². The number of hydrogen-bond acceptors (Lipinski definition) is 5. The number of carbonyl (C=O) groups is 1. The van der Waals surface area contributed by atoms with E-state index in [9.17, 15) is 13.2 Å². The normalized spacial score (nSPS) is 15.7. The molecule has 2 aromatic heterocycles. The molecule has 4 aromatic rings. The lowest BCUT2D eigenvalue weighted by Crippen LogP contribution is -2.41. The minimum atomic E-state index is -3.72. The number of fused-ring (bicyclic) bond motifs is 1. The summed E-state index contributed by atoms with van der Waals surface area (Å²) < 4.78 is 29.8. The Bertz CT molecular complexity index is 1430. The van der Waals surface area contributed by atoms with Gasteiger partial charge >= 0.3 is 0 Å². The number of piperidine rings is 1. The second-order valence-electron chi connectivity index (χ2n) is 8.83. The molecule has 5 rings (SSSR count). The molecule has 1 saturated heterocycles. The zero-order valence-electron chi connectivity index (χ0n) is 19.4. The lowest BCUT2D eigenvalue weighted by molar-refractivity contribution is -0.135. The van der Waals surface area contributed by atoms with E-state index in [4.69, 9.17) is 0 Å². The van der Waals surface area contributed by atoms with E-state index < -0.39 is 10.0 Å². The number of likely N-dealkylation sites (tertiary alicyclic amines) is 1. The Balaban J connectivity index is 1.21. The van der Waals surface area contributed by atoms with Gasteiger partial charge in [0, 0.05) is 31.0 Å². The SMILES string of the molecule is C[C@@H](C(=O)N1CCC(c2ccc(S(=O)(=O)Nc3ccncn3)cc2)CC1)n1ccc2ccccc21. The summed E-state index contributed by atoms with van der Waals surface area (Å²) in [5.74, 6) is 0.638. The van der Waals surface area contributed by atoms with E-state index in [2.05, 4.69) is 20.8 Å². The van der Waals surface area contributed by atoms with Crippen LogP contribution >= 0.6 is 0 Å². The van der Waals surface area contributed by atoms with Gasteiger partial charge in [0.05, 0.1) is 4.90 Å². The lowest BCUT2D eigenvalue weighted by atomic mass is 9.89. The summed E-state index contributed by atoms with van der Waals surface area (Å²) in [5.41, 5.74) is 2.15. The van der Waals surface area contributed by atoms with Crippen LogP contribution in [0.1, 0.15) is 37.3 Å². The van der Waals surface area contributed by atoms with Crippen molar-refractivity contribution in [1.82, 2.24) is 19.4 Å². The molecule has 2 aromatic carbocycles. The van der Waals surface area contributed by atoms with Crippen LogP contribution < -0.4 is 4.72 Å². The van der Waals surface area contributed by atoms with E-state index in [1.807, 2.05) is 59.0 Å².